The molecule has 0 aliphatic rings. The molecular weight excluding hydrogens is 262 g/mol. The van der Waals surface area contributed by atoms with E-state index in [0.717, 1.165) is 22.6 Å². The van der Waals surface area contributed by atoms with Gasteiger partial charge in [-0.05, 0) is 42.8 Å². The maximum absolute atomic E-state index is 12.3. The minimum absolute atomic E-state index is 0.109. The van der Waals surface area contributed by atoms with E-state index in [0.29, 0.717) is 5.56 Å². The van der Waals surface area contributed by atoms with E-state index in [1.165, 1.54) is 0 Å². The first-order valence-electron chi connectivity index (χ1n) is 6.88. The second-order valence-electron chi connectivity index (χ2n) is 5.18. The summed E-state index contributed by atoms with van der Waals surface area (Å²) in [6.07, 6.45) is 0. The summed E-state index contributed by atoms with van der Waals surface area (Å²) in [6, 6.07) is 13.4. The lowest BCUT2D eigenvalue weighted by molar-refractivity contribution is 0.102. The van der Waals surface area contributed by atoms with Crippen molar-refractivity contribution in [2.45, 2.75) is 6.92 Å². The number of anilines is 3. The predicted molar refractivity (Wildman–Crippen MR) is 89.4 cm³/mol. The van der Waals surface area contributed by atoms with Gasteiger partial charge in [0, 0.05) is 43.8 Å². The number of carbonyl (C=O) groups is 1. The van der Waals surface area contributed by atoms with E-state index in [9.17, 15) is 4.79 Å². The molecule has 0 fully saturated rings. The van der Waals surface area contributed by atoms with Crippen molar-refractivity contribution in [3.8, 4) is 0 Å². The van der Waals surface area contributed by atoms with Gasteiger partial charge in [-0.1, -0.05) is 12.1 Å². The molecule has 1 amide bonds. The van der Waals surface area contributed by atoms with Crippen LogP contribution in [-0.4, -0.2) is 27.1 Å². The third-order valence-electron chi connectivity index (χ3n) is 3.39. The van der Waals surface area contributed by atoms with Crippen molar-refractivity contribution in [3.63, 3.8) is 0 Å². The van der Waals surface area contributed by atoms with Gasteiger partial charge in [-0.15, -0.1) is 0 Å². The summed E-state index contributed by atoms with van der Waals surface area (Å²) in [7, 11) is 5.80. The molecule has 0 aromatic heterocycles. The van der Waals surface area contributed by atoms with Crippen molar-refractivity contribution in [1.82, 2.24) is 0 Å². The van der Waals surface area contributed by atoms with E-state index in [2.05, 4.69) is 10.6 Å². The van der Waals surface area contributed by atoms with Gasteiger partial charge in [-0.25, -0.2) is 0 Å². The summed E-state index contributed by atoms with van der Waals surface area (Å²) >= 11 is 0. The summed E-state index contributed by atoms with van der Waals surface area (Å²) in [6.45, 7) is 2.01. The van der Waals surface area contributed by atoms with E-state index < -0.39 is 0 Å². The van der Waals surface area contributed by atoms with Crippen LogP contribution < -0.4 is 15.5 Å². The average Bonchev–Trinajstić information content (AvgIpc) is 2.47. The zero-order valence-corrected chi connectivity index (χ0v) is 12.9. The molecule has 110 valence electrons. The van der Waals surface area contributed by atoms with Crippen LogP contribution in [0.25, 0.3) is 0 Å². The molecule has 4 nitrogen and oxygen atoms in total. The highest BCUT2D eigenvalue weighted by Gasteiger charge is 2.08. The lowest BCUT2D eigenvalue weighted by Gasteiger charge is -2.14. The van der Waals surface area contributed by atoms with Gasteiger partial charge in [-0.3, -0.25) is 4.79 Å². The zero-order chi connectivity index (χ0) is 15.4. The predicted octanol–water partition coefficient (Wildman–Crippen LogP) is 3.36. The van der Waals surface area contributed by atoms with Gasteiger partial charge < -0.3 is 15.5 Å². The molecule has 0 saturated heterocycles. The second kappa shape index (κ2) is 6.31. The highest BCUT2D eigenvalue weighted by molar-refractivity contribution is 6.05. The van der Waals surface area contributed by atoms with Crippen molar-refractivity contribution in [1.29, 1.82) is 0 Å². The number of amides is 1. The Bertz CT molecular complexity index is 650. The SMILES string of the molecule is CNc1cc(C(=O)Nc2cccc(N(C)C)c2)ccc1C. The maximum Gasteiger partial charge on any atom is 0.255 e. The largest absolute Gasteiger partial charge is 0.388 e. The van der Waals surface area contributed by atoms with Crippen LogP contribution in [0.4, 0.5) is 17.1 Å². The van der Waals surface area contributed by atoms with Crippen molar-refractivity contribution in [2.24, 2.45) is 0 Å². The van der Waals surface area contributed by atoms with Gasteiger partial charge >= 0.3 is 0 Å². The van der Waals surface area contributed by atoms with Crippen LogP contribution in [0, 0.1) is 6.92 Å². The molecule has 0 saturated carbocycles. The summed E-state index contributed by atoms with van der Waals surface area (Å²) in [5.74, 6) is -0.109. The van der Waals surface area contributed by atoms with Gasteiger partial charge in [0.25, 0.3) is 5.91 Å². The van der Waals surface area contributed by atoms with Crippen LogP contribution in [0.5, 0.6) is 0 Å². The smallest absolute Gasteiger partial charge is 0.255 e. The summed E-state index contributed by atoms with van der Waals surface area (Å²) in [5.41, 5.74) is 4.55. The van der Waals surface area contributed by atoms with Crippen molar-refractivity contribution >= 4 is 23.0 Å². The quantitative estimate of drug-likeness (QED) is 0.904. The molecule has 2 aromatic rings. The van der Waals surface area contributed by atoms with Crippen LogP contribution in [0.3, 0.4) is 0 Å². The van der Waals surface area contributed by atoms with Gasteiger partial charge in [-0.2, -0.15) is 0 Å². The number of aryl methyl sites for hydroxylation is 1. The Morgan fingerprint density at radius 1 is 1.10 bits per heavy atom. The number of rotatable bonds is 4. The summed E-state index contributed by atoms with van der Waals surface area (Å²) in [4.78, 5) is 14.3. The molecule has 0 atom stereocenters. The Labute approximate surface area is 125 Å². The first-order valence-corrected chi connectivity index (χ1v) is 6.88. The minimum Gasteiger partial charge on any atom is -0.388 e. The first kappa shape index (κ1) is 14.9. The highest BCUT2D eigenvalue weighted by atomic mass is 16.1. The topological polar surface area (TPSA) is 44.4 Å². The second-order valence-corrected chi connectivity index (χ2v) is 5.18. The van der Waals surface area contributed by atoms with E-state index in [1.807, 2.05) is 75.4 Å². The molecule has 0 spiro atoms. The van der Waals surface area contributed by atoms with Crippen molar-refractivity contribution in [3.05, 3.63) is 53.6 Å². The lowest BCUT2D eigenvalue weighted by Crippen LogP contribution is -2.13. The molecule has 0 aliphatic carbocycles. The Kier molecular flexibility index (Phi) is 4.48. The van der Waals surface area contributed by atoms with Gasteiger partial charge in [0.1, 0.15) is 0 Å². The number of nitrogens with one attached hydrogen (secondary N) is 2. The molecule has 21 heavy (non-hydrogen) atoms. The van der Waals surface area contributed by atoms with Gasteiger partial charge in [0.15, 0.2) is 0 Å². The molecule has 2 rings (SSSR count). The Balaban J connectivity index is 2.20. The molecular formula is C17H21N3O. The van der Waals surface area contributed by atoms with E-state index in [-0.39, 0.29) is 5.91 Å². The standard InChI is InChI=1S/C17H21N3O/c1-12-8-9-13(10-16(12)18-2)17(21)19-14-6-5-7-15(11-14)20(3)4/h5-11,18H,1-4H3,(H,19,21). The minimum atomic E-state index is -0.109. The molecule has 2 aromatic carbocycles. The number of hydrogen-bond acceptors (Lipinski definition) is 3. The molecule has 4 heteroatoms. The fourth-order valence-corrected chi connectivity index (χ4v) is 2.10. The molecule has 0 unspecified atom stereocenters. The summed E-state index contributed by atoms with van der Waals surface area (Å²) < 4.78 is 0. The average molecular weight is 283 g/mol. The highest BCUT2D eigenvalue weighted by Crippen LogP contribution is 2.20. The molecule has 0 bridgehead atoms. The van der Waals surface area contributed by atoms with Gasteiger partial charge in [0.2, 0.25) is 0 Å². The fraction of sp³-hybridized carbons (Fsp3) is 0.235. The number of nitrogens with zero attached hydrogens (tertiary/aromatic N) is 1. The molecule has 0 radical (unpaired) electrons. The molecule has 2 N–H and O–H groups in total. The number of carbonyl (C=O) groups excluding carboxylic acids is 1. The molecule has 0 aliphatic heterocycles. The maximum atomic E-state index is 12.3. The monoisotopic (exact) mass is 283 g/mol. The van der Waals surface area contributed by atoms with E-state index >= 15 is 0 Å². The van der Waals surface area contributed by atoms with Crippen LogP contribution in [0.1, 0.15) is 15.9 Å². The van der Waals surface area contributed by atoms with Crippen molar-refractivity contribution in [2.75, 3.05) is 36.7 Å². The third kappa shape index (κ3) is 3.54. The molecule has 0 heterocycles. The van der Waals surface area contributed by atoms with Crippen LogP contribution in [0.15, 0.2) is 42.5 Å². The lowest BCUT2D eigenvalue weighted by atomic mass is 10.1. The Hall–Kier alpha value is -2.49. The Morgan fingerprint density at radius 2 is 1.86 bits per heavy atom. The van der Waals surface area contributed by atoms with Crippen LogP contribution in [0.2, 0.25) is 0 Å². The van der Waals surface area contributed by atoms with E-state index in [1.54, 1.807) is 0 Å². The van der Waals surface area contributed by atoms with Crippen molar-refractivity contribution < 1.29 is 4.79 Å². The first-order chi connectivity index (χ1) is 10.0. The Morgan fingerprint density at radius 3 is 2.52 bits per heavy atom. The number of benzene rings is 2. The fourth-order valence-electron chi connectivity index (χ4n) is 2.10. The van der Waals surface area contributed by atoms with E-state index in [4.69, 9.17) is 0 Å². The van der Waals surface area contributed by atoms with Crippen LogP contribution in [-0.2, 0) is 0 Å². The van der Waals surface area contributed by atoms with Gasteiger partial charge in [0.05, 0.1) is 0 Å². The summed E-state index contributed by atoms with van der Waals surface area (Å²) in [5, 5.41) is 6.02. The number of hydrogen-bond donors (Lipinski definition) is 2. The normalized spacial score (nSPS) is 10.1. The third-order valence-corrected chi connectivity index (χ3v) is 3.39. The van der Waals surface area contributed by atoms with Crippen LogP contribution >= 0.6 is 0 Å². The zero-order valence-electron chi connectivity index (χ0n) is 12.9.